The number of nitrogens with zero attached hydrogens (tertiary/aromatic N) is 2. The van der Waals surface area contributed by atoms with Gasteiger partial charge in [0, 0.05) is 19.0 Å². The summed E-state index contributed by atoms with van der Waals surface area (Å²) in [6, 6.07) is 0. The minimum Gasteiger partial charge on any atom is -0.296 e. The molecule has 0 aromatic carbocycles. The molecule has 0 spiro atoms. The van der Waals surface area contributed by atoms with Crippen molar-refractivity contribution in [3.8, 4) is 0 Å². The average molecular weight is 156 g/mol. The molecule has 0 amide bonds. The number of aliphatic imine (C=N–C) groups is 2. The van der Waals surface area contributed by atoms with Crippen LogP contribution in [0.1, 0.15) is 0 Å². The Kier molecular flexibility index (Phi) is 6.18. The van der Waals surface area contributed by atoms with E-state index < -0.39 is 0 Å². The zero-order chi connectivity index (χ0) is 7.82. The van der Waals surface area contributed by atoms with Crippen molar-refractivity contribution in [2.75, 3.05) is 19.1 Å². The van der Waals surface area contributed by atoms with Crippen molar-refractivity contribution in [3.05, 3.63) is 11.8 Å². The molecule has 0 aliphatic heterocycles. The second-order valence-electron chi connectivity index (χ2n) is 1.66. The van der Waals surface area contributed by atoms with E-state index in [1.54, 1.807) is 25.0 Å². The Morgan fingerprint density at radius 3 is 2.80 bits per heavy atom. The minimum absolute atomic E-state index is 0.898. The molecule has 0 N–H and O–H groups in total. The molecule has 0 rings (SSSR count). The lowest BCUT2D eigenvalue weighted by Crippen LogP contribution is -1.82. The van der Waals surface area contributed by atoms with Gasteiger partial charge in [0.1, 0.15) is 0 Å². The van der Waals surface area contributed by atoms with Crippen LogP contribution in [0.2, 0.25) is 0 Å². The van der Waals surface area contributed by atoms with Crippen LogP contribution in [0.15, 0.2) is 21.8 Å². The normalized spacial score (nSPS) is 12.4. The second kappa shape index (κ2) is 6.55. The van der Waals surface area contributed by atoms with Crippen molar-refractivity contribution in [1.82, 2.24) is 0 Å². The first-order chi connectivity index (χ1) is 4.85. The lowest BCUT2D eigenvalue weighted by atomic mass is 10.4. The van der Waals surface area contributed by atoms with Crippen LogP contribution in [0, 0.1) is 0 Å². The molecule has 0 aromatic rings. The summed E-state index contributed by atoms with van der Waals surface area (Å²) in [5.74, 6) is 0.898. The Morgan fingerprint density at radius 2 is 2.40 bits per heavy atom. The minimum atomic E-state index is 0.898. The van der Waals surface area contributed by atoms with Crippen LogP contribution < -0.4 is 0 Å². The summed E-state index contributed by atoms with van der Waals surface area (Å²) in [7, 11) is 1.73. The zero-order valence-electron chi connectivity index (χ0n) is 6.37. The molecule has 3 heteroatoms. The van der Waals surface area contributed by atoms with Crippen molar-refractivity contribution in [2.24, 2.45) is 9.98 Å². The molecule has 0 heterocycles. The SMILES string of the molecule is C=N/C(=C\C=N/C)CSC. The van der Waals surface area contributed by atoms with E-state index in [1.807, 2.05) is 12.3 Å². The molecule has 0 unspecified atom stereocenters. The number of allylic oxidation sites excluding steroid dienone is 1. The van der Waals surface area contributed by atoms with Crippen molar-refractivity contribution in [2.45, 2.75) is 0 Å². The summed E-state index contributed by atoms with van der Waals surface area (Å²) in [6.45, 7) is 3.44. The molecule has 0 atom stereocenters. The van der Waals surface area contributed by atoms with Crippen LogP contribution in [-0.4, -0.2) is 32.0 Å². The first kappa shape index (κ1) is 9.43. The molecule has 10 heavy (non-hydrogen) atoms. The van der Waals surface area contributed by atoms with Crippen LogP contribution in [0.4, 0.5) is 0 Å². The third kappa shape index (κ3) is 4.32. The van der Waals surface area contributed by atoms with Gasteiger partial charge in [-0.25, -0.2) is 0 Å². The van der Waals surface area contributed by atoms with Crippen molar-refractivity contribution in [1.29, 1.82) is 0 Å². The summed E-state index contributed by atoms with van der Waals surface area (Å²) in [5, 5.41) is 0. The summed E-state index contributed by atoms with van der Waals surface area (Å²) in [5.41, 5.74) is 0.970. The van der Waals surface area contributed by atoms with E-state index >= 15 is 0 Å². The third-order valence-electron chi connectivity index (χ3n) is 0.911. The molecule has 56 valence electrons. The predicted molar refractivity (Wildman–Crippen MR) is 50.4 cm³/mol. The van der Waals surface area contributed by atoms with Crippen molar-refractivity contribution >= 4 is 24.7 Å². The maximum Gasteiger partial charge on any atom is 0.0510 e. The van der Waals surface area contributed by atoms with Crippen LogP contribution >= 0.6 is 11.8 Å². The Morgan fingerprint density at radius 1 is 1.70 bits per heavy atom. The molecular formula is C7H12N2S. The second-order valence-corrected chi connectivity index (χ2v) is 2.52. The summed E-state index contributed by atoms with van der Waals surface area (Å²) in [4.78, 5) is 7.62. The smallest absolute Gasteiger partial charge is 0.0510 e. The fourth-order valence-corrected chi connectivity index (χ4v) is 0.938. The van der Waals surface area contributed by atoms with Gasteiger partial charge in [-0.15, -0.1) is 0 Å². The van der Waals surface area contributed by atoms with Crippen LogP contribution in [0.25, 0.3) is 0 Å². The van der Waals surface area contributed by atoms with Crippen LogP contribution in [-0.2, 0) is 0 Å². The highest BCUT2D eigenvalue weighted by atomic mass is 32.2. The van der Waals surface area contributed by atoms with Gasteiger partial charge in [0.2, 0.25) is 0 Å². The molecule has 0 bridgehead atoms. The molecule has 0 aromatic heterocycles. The van der Waals surface area contributed by atoms with Crippen molar-refractivity contribution in [3.63, 3.8) is 0 Å². The number of rotatable bonds is 4. The van der Waals surface area contributed by atoms with Gasteiger partial charge in [0.25, 0.3) is 0 Å². The molecular weight excluding hydrogens is 144 g/mol. The standard InChI is InChI=1S/C7H12N2S/c1-8-5-4-7(9-2)6-10-3/h4-5H,2,6H2,1,3H3/b7-4-,8-5-. The molecule has 0 fully saturated rings. The molecule has 0 aliphatic carbocycles. The van der Waals surface area contributed by atoms with Gasteiger partial charge >= 0.3 is 0 Å². The number of thioether (sulfide) groups is 1. The van der Waals surface area contributed by atoms with E-state index in [-0.39, 0.29) is 0 Å². The van der Waals surface area contributed by atoms with Gasteiger partial charge < -0.3 is 0 Å². The summed E-state index contributed by atoms with van der Waals surface area (Å²) >= 11 is 1.72. The Balaban J connectivity index is 3.90. The van der Waals surface area contributed by atoms with E-state index in [2.05, 4.69) is 16.7 Å². The predicted octanol–water partition coefficient (Wildman–Crippen LogP) is 1.63. The Hall–Kier alpha value is -0.570. The first-order valence-electron chi connectivity index (χ1n) is 2.92. The Labute approximate surface area is 66.2 Å². The average Bonchev–Trinajstić information content (AvgIpc) is 1.98. The Bertz CT molecular complexity index is 150. The molecule has 0 radical (unpaired) electrons. The van der Waals surface area contributed by atoms with Crippen LogP contribution in [0.5, 0.6) is 0 Å². The maximum atomic E-state index is 3.81. The summed E-state index contributed by atoms with van der Waals surface area (Å²) in [6.07, 6.45) is 5.62. The van der Waals surface area contributed by atoms with E-state index in [9.17, 15) is 0 Å². The number of hydrogen-bond donors (Lipinski definition) is 0. The van der Waals surface area contributed by atoms with E-state index in [0.717, 1.165) is 11.4 Å². The highest BCUT2D eigenvalue weighted by Gasteiger charge is 1.87. The van der Waals surface area contributed by atoms with Crippen molar-refractivity contribution < 1.29 is 0 Å². The molecule has 0 saturated carbocycles. The third-order valence-corrected chi connectivity index (χ3v) is 1.50. The fourth-order valence-electron chi connectivity index (χ4n) is 0.455. The largest absolute Gasteiger partial charge is 0.296 e. The first-order valence-corrected chi connectivity index (χ1v) is 4.31. The van der Waals surface area contributed by atoms with E-state index in [4.69, 9.17) is 0 Å². The van der Waals surface area contributed by atoms with Crippen LogP contribution in [0.3, 0.4) is 0 Å². The lowest BCUT2D eigenvalue weighted by molar-refractivity contribution is 1.35. The lowest BCUT2D eigenvalue weighted by Gasteiger charge is -1.93. The highest BCUT2D eigenvalue weighted by Crippen LogP contribution is 2.02. The van der Waals surface area contributed by atoms with E-state index in [0.29, 0.717) is 0 Å². The number of hydrogen-bond acceptors (Lipinski definition) is 3. The van der Waals surface area contributed by atoms with Gasteiger partial charge in [-0.2, -0.15) is 11.8 Å². The van der Waals surface area contributed by atoms with Gasteiger partial charge in [-0.1, -0.05) is 0 Å². The monoisotopic (exact) mass is 156 g/mol. The quantitative estimate of drug-likeness (QED) is 0.568. The van der Waals surface area contributed by atoms with Gasteiger partial charge in [0.05, 0.1) is 5.70 Å². The molecule has 0 saturated heterocycles. The van der Waals surface area contributed by atoms with Gasteiger partial charge in [0.15, 0.2) is 0 Å². The highest BCUT2D eigenvalue weighted by molar-refractivity contribution is 7.98. The van der Waals surface area contributed by atoms with Gasteiger partial charge in [-0.05, 0) is 19.0 Å². The zero-order valence-corrected chi connectivity index (χ0v) is 7.19. The molecule has 0 aliphatic rings. The fraction of sp³-hybridized carbons (Fsp3) is 0.429. The summed E-state index contributed by atoms with van der Waals surface area (Å²) < 4.78 is 0. The maximum absolute atomic E-state index is 3.81. The van der Waals surface area contributed by atoms with Gasteiger partial charge in [-0.3, -0.25) is 9.98 Å². The topological polar surface area (TPSA) is 24.7 Å². The molecule has 2 nitrogen and oxygen atoms in total. The van der Waals surface area contributed by atoms with E-state index in [1.165, 1.54) is 0 Å².